The molecule has 0 saturated carbocycles. The van der Waals surface area contributed by atoms with Crippen LogP contribution in [0.15, 0.2) is 12.1 Å². The van der Waals surface area contributed by atoms with E-state index in [1.165, 1.54) is 0 Å². The molecule has 0 aliphatic heterocycles. The van der Waals surface area contributed by atoms with Gasteiger partial charge in [-0.2, -0.15) is 4.39 Å². The fraction of sp³-hybridized carbons (Fsp3) is 0.400. The third-order valence-corrected chi connectivity index (χ3v) is 2.21. The second-order valence-electron chi connectivity index (χ2n) is 3.63. The van der Waals surface area contributed by atoms with Crippen LogP contribution in [0.2, 0.25) is 0 Å². The van der Waals surface area contributed by atoms with Crippen LogP contribution in [0.3, 0.4) is 0 Å². The fourth-order valence-corrected chi connectivity index (χ4v) is 1.33. The molecule has 1 rings (SSSR count). The predicted molar refractivity (Wildman–Crippen MR) is 55.0 cm³/mol. The lowest BCUT2D eigenvalue weighted by Gasteiger charge is -2.07. The number of nitrogens with two attached hydrogens (primary N) is 1. The first-order valence-electron chi connectivity index (χ1n) is 4.80. The Bertz CT molecular complexity index is 408. The summed E-state index contributed by atoms with van der Waals surface area (Å²) < 4.78 is 26.8. The highest BCUT2D eigenvalue weighted by atomic mass is 19.1. The second kappa shape index (κ2) is 4.98. The number of rotatable bonds is 4. The summed E-state index contributed by atoms with van der Waals surface area (Å²) in [6.07, 6.45) is 0.423. The maximum atomic E-state index is 13.5. The number of hydrogen-bond donors (Lipinski definition) is 1. The van der Waals surface area contributed by atoms with Crippen molar-refractivity contribution in [3.05, 3.63) is 39.4 Å². The molecule has 0 aliphatic rings. The average Bonchev–Trinajstić information content (AvgIpc) is 2.16. The molecule has 1 aromatic rings. The molecule has 6 heteroatoms. The van der Waals surface area contributed by atoms with Crippen LogP contribution in [-0.2, 0) is 6.42 Å². The molecule has 0 aliphatic carbocycles. The minimum atomic E-state index is -1.11. The molecule has 1 aromatic carbocycles. The monoisotopic (exact) mass is 230 g/mol. The molecule has 0 aromatic heterocycles. The Morgan fingerprint density at radius 3 is 2.62 bits per heavy atom. The van der Waals surface area contributed by atoms with Gasteiger partial charge in [0.15, 0.2) is 0 Å². The van der Waals surface area contributed by atoms with Crippen molar-refractivity contribution in [2.75, 3.05) is 0 Å². The van der Waals surface area contributed by atoms with Gasteiger partial charge in [0.1, 0.15) is 5.82 Å². The highest BCUT2D eigenvalue weighted by Gasteiger charge is 2.20. The van der Waals surface area contributed by atoms with Gasteiger partial charge < -0.3 is 5.73 Å². The van der Waals surface area contributed by atoms with Crippen LogP contribution >= 0.6 is 0 Å². The molecule has 0 bridgehead atoms. The summed E-state index contributed by atoms with van der Waals surface area (Å²) in [5.41, 5.74) is 4.48. The quantitative estimate of drug-likeness (QED) is 0.636. The SMILES string of the molecule is CC(N)CCc1c(F)ccc([N+](=O)[O-])c1F. The molecule has 1 unspecified atom stereocenters. The van der Waals surface area contributed by atoms with Gasteiger partial charge in [-0.15, -0.1) is 0 Å². The zero-order valence-corrected chi connectivity index (χ0v) is 8.74. The van der Waals surface area contributed by atoms with Gasteiger partial charge in [-0.3, -0.25) is 10.1 Å². The van der Waals surface area contributed by atoms with Gasteiger partial charge >= 0.3 is 5.69 Å². The van der Waals surface area contributed by atoms with Gasteiger partial charge in [0.25, 0.3) is 0 Å². The van der Waals surface area contributed by atoms with E-state index >= 15 is 0 Å². The lowest BCUT2D eigenvalue weighted by Crippen LogP contribution is -2.16. The molecular formula is C10H12F2N2O2. The Labute approximate surface area is 91.2 Å². The molecule has 0 heterocycles. The summed E-state index contributed by atoms with van der Waals surface area (Å²) in [4.78, 5) is 9.57. The normalized spacial score (nSPS) is 12.5. The summed E-state index contributed by atoms with van der Waals surface area (Å²) in [6.45, 7) is 1.70. The van der Waals surface area contributed by atoms with Crippen molar-refractivity contribution in [3.8, 4) is 0 Å². The van der Waals surface area contributed by atoms with Crippen LogP contribution in [-0.4, -0.2) is 11.0 Å². The smallest absolute Gasteiger partial charge is 0.305 e. The summed E-state index contributed by atoms with van der Waals surface area (Å²) in [7, 11) is 0. The summed E-state index contributed by atoms with van der Waals surface area (Å²) in [5.74, 6) is -1.88. The van der Waals surface area contributed by atoms with Crippen LogP contribution in [0.1, 0.15) is 18.9 Å². The van der Waals surface area contributed by atoms with Gasteiger partial charge in [-0.25, -0.2) is 4.39 Å². The van der Waals surface area contributed by atoms with Crippen molar-refractivity contribution >= 4 is 5.69 Å². The standard InChI is InChI=1S/C10H12F2N2O2/c1-6(13)2-3-7-8(11)4-5-9(10(7)12)14(15)16/h4-6H,2-3,13H2,1H3. The van der Waals surface area contributed by atoms with Crippen molar-refractivity contribution in [1.29, 1.82) is 0 Å². The Morgan fingerprint density at radius 2 is 2.12 bits per heavy atom. The van der Waals surface area contributed by atoms with Crippen LogP contribution in [0, 0.1) is 21.7 Å². The van der Waals surface area contributed by atoms with Gasteiger partial charge in [-0.1, -0.05) is 0 Å². The zero-order valence-electron chi connectivity index (χ0n) is 8.74. The molecule has 0 saturated heterocycles. The van der Waals surface area contributed by atoms with Crippen molar-refractivity contribution in [2.45, 2.75) is 25.8 Å². The summed E-state index contributed by atoms with van der Waals surface area (Å²) in [5, 5.41) is 10.4. The number of nitro benzene ring substituents is 1. The van der Waals surface area contributed by atoms with Crippen molar-refractivity contribution < 1.29 is 13.7 Å². The van der Waals surface area contributed by atoms with Gasteiger partial charge in [0.05, 0.1) is 4.92 Å². The maximum absolute atomic E-state index is 13.5. The predicted octanol–water partition coefficient (Wildman–Crippen LogP) is 2.15. The number of halogens is 2. The maximum Gasteiger partial charge on any atom is 0.305 e. The molecule has 0 radical (unpaired) electrons. The largest absolute Gasteiger partial charge is 0.328 e. The van der Waals surface area contributed by atoms with Gasteiger partial charge in [-0.05, 0) is 25.8 Å². The Morgan fingerprint density at radius 1 is 1.50 bits per heavy atom. The molecule has 4 nitrogen and oxygen atoms in total. The van der Waals surface area contributed by atoms with E-state index in [0.717, 1.165) is 12.1 Å². The molecule has 16 heavy (non-hydrogen) atoms. The van der Waals surface area contributed by atoms with Gasteiger partial charge in [0, 0.05) is 17.7 Å². The third-order valence-electron chi connectivity index (χ3n) is 2.21. The van der Waals surface area contributed by atoms with E-state index in [1.54, 1.807) is 6.92 Å². The van der Waals surface area contributed by atoms with Crippen molar-refractivity contribution in [1.82, 2.24) is 0 Å². The lowest BCUT2D eigenvalue weighted by molar-refractivity contribution is -0.387. The highest BCUT2D eigenvalue weighted by molar-refractivity contribution is 5.37. The molecule has 1 atom stereocenters. The molecule has 2 N–H and O–H groups in total. The molecule has 88 valence electrons. The van der Waals surface area contributed by atoms with Crippen LogP contribution in [0.5, 0.6) is 0 Å². The van der Waals surface area contributed by atoms with E-state index in [-0.39, 0.29) is 18.0 Å². The minimum Gasteiger partial charge on any atom is -0.328 e. The third kappa shape index (κ3) is 2.73. The Kier molecular flexibility index (Phi) is 3.89. The topological polar surface area (TPSA) is 69.2 Å². The summed E-state index contributed by atoms with van der Waals surface area (Å²) >= 11 is 0. The van der Waals surface area contributed by atoms with Crippen molar-refractivity contribution in [2.24, 2.45) is 5.73 Å². The molecule has 0 fully saturated rings. The van der Waals surface area contributed by atoms with E-state index in [1.807, 2.05) is 0 Å². The number of nitrogens with zero attached hydrogens (tertiary/aromatic N) is 1. The molecule has 0 spiro atoms. The van der Waals surface area contributed by atoms with E-state index in [2.05, 4.69) is 0 Å². The first-order valence-corrected chi connectivity index (χ1v) is 4.80. The number of nitro groups is 1. The minimum absolute atomic E-state index is 0.0526. The Hall–Kier alpha value is -1.56. The van der Waals surface area contributed by atoms with Gasteiger partial charge in [0.2, 0.25) is 5.82 Å². The first-order chi connectivity index (χ1) is 7.43. The van der Waals surface area contributed by atoms with E-state index in [0.29, 0.717) is 6.42 Å². The highest BCUT2D eigenvalue weighted by Crippen LogP contribution is 2.24. The zero-order chi connectivity index (χ0) is 12.3. The van der Waals surface area contributed by atoms with Crippen LogP contribution in [0.25, 0.3) is 0 Å². The molecule has 0 amide bonds. The average molecular weight is 230 g/mol. The van der Waals surface area contributed by atoms with Crippen molar-refractivity contribution in [3.63, 3.8) is 0 Å². The van der Waals surface area contributed by atoms with E-state index < -0.39 is 22.2 Å². The molecular weight excluding hydrogens is 218 g/mol. The Balaban J connectivity index is 3.06. The van der Waals surface area contributed by atoms with E-state index in [4.69, 9.17) is 5.73 Å². The second-order valence-corrected chi connectivity index (χ2v) is 3.63. The number of benzene rings is 1. The first kappa shape index (κ1) is 12.5. The summed E-state index contributed by atoms with van der Waals surface area (Å²) in [6, 6.07) is 1.51. The lowest BCUT2D eigenvalue weighted by atomic mass is 10.0. The van der Waals surface area contributed by atoms with Crippen LogP contribution < -0.4 is 5.73 Å². The van der Waals surface area contributed by atoms with E-state index in [9.17, 15) is 18.9 Å². The van der Waals surface area contributed by atoms with Crippen LogP contribution in [0.4, 0.5) is 14.5 Å². The number of hydrogen-bond acceptors (Lipinski definition) is 3. The fourth-order valence-electron chi connectivity index (χ4n) is 1.33.